The number of hydrogen-bond donors (Lipinski definition) is 3. The van der Waals surface area contributed by atoms with Crippen LogP contribution < -0.4 is 11.1 Å². The fourth-order valence-electron chi connectivity index (χ4n) is 4.45. The molecule has 0 saturated heterocycles. The van der Waals surface area contributed by atoms with E-state index in [-0.39, 0.29) is 18.7 Å². The van der Waals surface area contributed by atoms with Gasteiger partial charge in [-0.3, -0.25) is 9.78 Å². The number of anilines is 1. The van der Waals surface area contributed by atoms with Crippen molar-refractivity contribution in [2.45, 2.75) is 18.9 Å². The maximum atomic E-state index is 14.0. The number of rotatable bonds is 7. The molecular weight excluding hydrogens is 479 g/mol. The van der Waals surface area contributed by atoms with Crippen LogP contribution in [-0.2, 0) is 17.6 Å². The Morgan fingerprint density at radius 3 is 2.54 bits per heavy atom. The zero-order valence-electron chi connectivity index (χ0n) is 19.5. The highest BCUT2D eigenvalue weighted by Gasteiger charge is 2.22. The highest BCUT2D eigenvalue weighted by Crippen LogP contribution is 2.30. The van der Waals surface area contributed by atoms with Crippen molar-refractivity contribution in [3.63, 3.8) is 0 Å². The highest BCUT2D eigenvalue weighted by molar-refractivity contribution is 5.89. The molecule has 186 valence electrons. The third-order valence-electron chi connectivity index (χ3n) is 6.04. The van der Waals surface area contributed by atoms with Crippen LogP contribution in [-0.4, -0.2) is 20.9 Å². The van der Waals surface area contributed by atoms with Crippen LogP contribution in [0, 0.1) is 17.5 Å². The summed E-state index contributed by atoms with van der Waals surface area (Å²) in [6.45, 7) is 0. The summed E-state index contributed by atoms with van der Waals surface area (Å²) < 4.78 is 41.7. The van der Waals surface area contributed by atoms with Gasteiger partial charge in [-0.05, 0) is 71.6 Å². The lowest BCUT2D eigenvalue weighted by atomic mass is 9.95. The van der Waals surface area contributed by atoms with E-state index in [1.807, 2.05) is 6.07 Å². The average molecular weight is 502 g/mol. The number of halogens is 3. The molecule has 0 radical (unpaired) electrons. The smallest absolute Gasteiger partial charge is 0.225 e. The lowest BCUT2D eigenvalue weighted by Gasteiger charge is -2.22. The minimum Gasteiger partial charge on any atom is -0.384 e. The largest absolute Gasteiger partial charge is 0.384 e. The van der Waals surface area contributed by atoms with E-state index >= 15 is 0 Å². The van der Waals surface area contributed by atoms with Gasteiger partial charge in [-0.1, -0.05) is 6.07 Å². The zero-order valence-corrected chi connectivity index (χ0v) is 19.5. The first kappa shape index (κ1) is 24.1. The molecule has 0 aliphatic heterocycles. The number of pyridine rings is 2. The lowest BCUT2D eigenvalue weighted by molar-refractivity contribution is -0.121. The molecule has 9 heteroatoms. The van der Waals surface area contributed by atoms with Gasteiger partial charge in [0.05, 0.1) is 18.2 Å². The van der Waals surface area contributed by atoms with Gasteiger partial charge in [0.1, 0.15) is 23.3 Å². The Bertz CT molecular complexity index is 1580. The van der Waals surface area contributed by atoms with Crippen LogP contribution in [0.15, 0.2) is 79.3 Å². The Labute approximate surface area is 210 Å². The highest BCUT2D eigenvalue weighted by atomic mass is 19.1. The topological polar surface area (TPSA) is 96.7 Å². The van der Waals surface area contributed by atoms with Gasteiger partial charge in [0, 0.05) is 41.1 Å². The number of nitrogens with two attached hydrogens (primary N) is 1. The molecule has 3 heterocycles. The summed E-state index contributed by atoms with van der Waals surface area (Å²) in [4.78, 5) is 24.8. The normalized spacial score (nSPS) is 12.0. The minimum absolute atomic E-state index is 0.0398. The second-order valence-electron chi connectivity index (χ2n) is 8.69. The van der Waals surface area contributed by atoms with E-state index in [2.05, 4.69) is 20.3 Å². The Balaban J connectivity index is 1.50. The molecule has 5 rings (SSSR count). The zero-order chi connectivity index (χ0) is 25.9. The SMILES string of the molecule is Nc1cc(-c2cccnc2[C@H](Cc2cc(F)cc(F)c2)NC(=O)Cc2c[nH]c3ccc(F)cc23)ccn1. The first-order chi connectivity index (χ1) is 17.9. The molecule has 0 aliphatic carbocycles. The van der Waals surface area contributed by atoms with Crippen molar-refractivity contribution < 1.29 is 18.0 Å². The van der Waals surface area contributed by atoms with Crippen molar-refractivity contribution in [1.82, 2.24) is 20.3 Å². The first-order valence-electron chi connectivity index (χ1n) is 11.5. The van der Waals surface area contributed by atoms with Crippen LogP contribution in [0.4, 0.5) is 19.0 Å². The second-order valence-corrected chi connectivity index (χ2v) is 8.69. The van der Waals surface area contributed by atoms with Gasteiger partial charge >= 0.3 is 0 Å². The van der Waals surface area contributed by atoms with Gasteiger partial charge in [0.2, 0.25) is 5.91 Å². The number of amides is 1. The van der Waals surface area contributed by atoms with Gasteiger partial charge in [-0.15, -0.1) is 0 Å². The number of aromatic amines is 1. The van der Waals surface area contributed by atoms with Crippen LogP contribution in [0.2, 0.25) is 0 Å². The van der Waals surface area contributed by atoms with Crippen molar-refractivity contribution in [3.05, 3.63) is 114 Å². The number of H-pyrrole nitrogens is 1. The molecule has 1 atom stereocenters. The Hall–Kier alpha value is -4.66. The van der Waals surface area contributed by atoms with Crippen LogP contribution >= 0.6 is 0 Å². The summed E-state index contributed by atoms with van der Waals surface area (Å²) in [5.41, 5.74) is 9.46. The van der Waals surface area contributed by atoms with E-state index in [0.29, 0.717) is 39.1 Å². The van der Waals surface area contributed by atoms with Gasteiger partial charge in [-0.2, -0.15) is 0 Å². The molecule has 37 heavy (non-hydrogen) atoms. The quantitative estimate of drug-likeness (QED) is 0.283. The van der Waals surface area contributed by atoms with Crippen LogP contribution in [0.3, 0.4) is 0 Å². The Morgan fingerprint density at radius 1 is 0.946 bits per heavy atom. The second kappa shape index (κ2) is 10.1. The van der Waals surface area contributed by atoms with Crippen molar-refractivity contribution in [2.24, 2.45) is 0 Å². The molecule has 2 aromatic carbocycles. The molecular formula is C28H22F3N5O. The monoisotopic (exact) mass is 501 g/mol. The third kappa shape index (κ3) is 5.45. The van der Waals surface area contributed by atoms with Crippen LogP contribution in [0.1, 0.15) is 22.9 Å². The van der Waals surface area contributed by atoms with Gasteiger partial charge in [-0.25, -0.2) is 18.2 Å². The standard InChI is InChI=1S/C28H22F3N5O/c29-19-3-4-24-23(14-19)18(15-35-24)12-27(37)36-25(10-16-8-20(30)13-21(31)9-16)28-22(2-1-6-34-28)17-5-7-33-26(32)11-17/h1-9,11,13-15,25,35H,10,12H2,(H2,32,33)(H,36,37)/t25-/m0/s1. The summed E-state index contributed by atoms with van der Waals surface area (Å²) in [7, 11) is 0. The maximum Gasteiger partial charge on any atom is 0.225 e. The number of nitrogens with zero attached hydrogens (tertiary/aromatic N) is 2. The maximum absolute atomic E-state index is 14.0. The fourth-order valence-corrected chi connectivity index (χ4v) is 4.45. The van der Waals surface area contributed by atoms with Crippen molar-refractivity contribution >= 4 is 22.6 Å². The molecule has 3 aromatic heterocycles. The molecule has 1 amide bonds. The van der Waals surface area contributed by atoms with E-state index in [0.717, 1.165) is 11.6 Å². The number of aromatic nitrogens is 3. The molecule has 0 bridgehead atoms. The number of benzene rings is 2. The van der Waals surface area contributed by atoms with E-state index in [1.54, 1.807) is 42.9 Å². The lowest BCUT2D eigenvalue weighted by Crippen LogP contribution is -2.32. The molecule has 0 unspecified atom stereocenters. The summed E-state index contributed by atoms with van der Waals surface area (Å²) in [6.07, 6.45) is 4.84. The number of nitrogen functional groups attached to an aromatic ring is 1. The Kier molecular flexibility index (Phi) is 6.59. The Morgan fingerprint density at radius 2 is 1.76 bits per heavy atom. The third-order valence-corrected chi connectivity index (χ3v) is 6.04. The number of nitrogens with one attached hydrogen (secondary N) is 2. The fraction of sp³-hybridized carbons (Fsp3) is 0.107. The van der Waals surface area contributed by atoms with E-state index in [9.17, 15) is 18.0 Å². The van der Waals surface area contributed by atoms with Crippen LogP contribution in [0.25, 0.3) is 22.0 Å². The van der Waals surface area contributed by atoms with Crippen molar-refractivity contribution in [1.29, 1.82) is 0 Å². The molecule has 5 aromatic rings. The first-order valence-corrected chi connectivity index (χ1v) is 11.5. The summed E-state index contributed by atoms with van der Waals surface area (Å²) in [6, 6.07) is 13.8. The minimum atomic E-state index is -0.735. The van der Waals surface area contributed by atoms with E-state index < -0.39 is 23.5 Å². The number of hydrogen-bond acceptors (Lipinski definition) is 4. The summed E-state index contributed by atoms with van der Waals surface area (Å²) in [5, 5.41) is 3.56. The van der Waals surface area contributed by atoms with Crippen molar-refractivity contribution in [2.75, 3.05) is 5.73 Å². The van der Waals surface area contributed by atoms with Gasteiger partial charge in [0.25, 0.3) is 0 Å². The molecule has 0 aliphatic rings. The summed E-state index contributed by atoms with van der Waals surface area (Å²) in [5.74, 6) is -1.90. The van der Waals surface area contributed by atoms with E-state index in [1.165, 1.54) is 24.3 Å². The van der Waals surface area contributed by atoms with Gasteiger partial charge in [0.15, 0.2) is 0 Å². The molecule has 0 saturated carbocycles. The molecule has 0 fully saturated rings. The predicted molar refractivity (Wildman–Crippen MR) is 135 cm³/mol. The van der Waals surface area contributed by atoms with Crippen molar-refractivity contribution in [3.8, 4) is 11.1 Å². The molecule has 0 spiro atoms. The predicted octanol–water partition coefficient (Wildman–Crippen LogP) is 5.27. The molecule has 6 nitrogen and oxygen atoms in total. The van der Waals surface area contributed by atoms with Gasteiger partial charge < -0.3 is 16.0 Å². The molecule has 4 N–H and O–H groups in total. The average Bonchev–Trinajstić information content (AvgIpc) is 3.24. The summed E-state index contributed by atoms with van der Waals surface area (Å²) >= 11 is 0. The van der Waals surface area contributed by atoms with E-state index in [4.69, 9.17) is 5.73 Å². The number of carbonyl (C=O) groups excluding carboxylic acids is 1. The number of carbonyl (C=O) groups is 1. The van der Waals surface area contributed by atoms with Crippen LogP contribution in [0.5, 0.6) is 0 Å². The number of fused-ring (bicyclic) bond motifs is 1.